The molecule has 2 N–H and O–H groups in total. The van der Waals surface area contributed by atoms with E-state index in [9.17, 15) is 19.2 Å². The molecule has 0 saturated carbocycles. The second-order valence-corrected chi connectivity index (χ2v) is 5.71. The minimum atomic E-state index is -1.67. The third-order valence-corrected chi connectivity index (χ3v) is 3.60. The monoisotopic (exact) mass is 378 g/mol. The number of amides is 2. The number of Topliss-reactive ketones (excluding diaryl/α,β-unsaturated/α-hetero) is 1. The van der Waals surface area contributed by atoms with Crippen LogP contribution in [0.5, 0.6) is 0 Å². The topological polar surface area (TPSA) is 111 Å². The molecule has 0 heterocycles. The molecule has 0 aliphatic heterocycles. The lowest BCUT2D eigenvalue weighted by molar-refractivity contribution is -0.158. The Morgan fingerprint density at radius 1 is 1.00 bits per heavy atom. The number of benzene rings is 1. The van der Waals surface area contributed by atoms with Gasteiger partial charge in [-0.3, -0.25) is 14.4 Å². The Bertz CT molecular complexity index is 683. The minimum Gasteiger partial charge on any atom is -0.465 e. The molecule has 0 saturated heterocycles. The van der Waals surface area contributed by atoms with Crippen molar-refractivity contribution < 1.29 is 28.7 Å². The van der Waals surface area contributed by atoms with Gasteiger partial charge in [0.25, 0.3) is 0 Å². The number of nitrogens with one attached hydrogen (secondary N) is 2. The van der Waals surface area contributed by atoms with Gasteiger partial charge in [0, 0.05) is 17.8 Å². The number of ketones is 1. The Kier molecular flexibility index (Phi) is 8.98. The first-order valence-corrected chi connectivity index (χ1v) is 8.88. The molecule has 0 aliphatic carbocycles. The first-order valence-electron chi connectivity index (χ1n) is 8.88. The number of aryl methyl sites for hydroxylation is 1. The van der Waals surface area contributed by atoms with Gasteiger partial charge in [0.1, 0.15) is 0 Å². The normalized spacial score (nSPS) is 10.3. The van der Waals surface area contributed by atoms with E-state index in [2.05, 4.69) is 10.6 Å². The molecule has 0 radical (unpaired) electrons. The highest BCUT2D eigenvalue weighted by molar-refractivity contribution is 6.21. The third kappa shape index (κ3) is 6.40. The van der Waals surface area contributed by atoms with Crippen molar-refractivity contribution in [3.63, 3.8) is 0 Å². The van der Waals surface area contributed by atoms with Crippen molar-refractivity contribution >= 4 is 29.4 Å². The summed E-state index contributed by atoms with van der Waals surface area (Å²) in [6.07, 6.45) is 0.808. The highest BCUT2D eigenvalue weighted by Gasteiger charge is 2.37. The van der Waals surface area contributed by atoms with E-state index in [1.54, 1.807) is 26.8 Å². The maximum absolute atomic E-state index is 12.7. The molecular weight excluding hydrogens is 352 g/mol. The summed E-state index contributed by atoms with van der Waals surface area (Å²) in [5.41, 5.74) is 1.28. The van der Waals surface area contributed by atoms with Crippen molar-refractivity contribution in [1.82, 2.24) is 5.32 Å². The average molecular weight is 378 g/mol. The lowest BCUT2D eigenvalue weighted by Gasteiger charge is -2.15. The summed E-state index contributed by atoms with van der Waals surface area (Å²) in [4.78, 5) is 48.6. The number of esters is 2. The average Bonchev–Trinajstić information content (AvgIpc) is 2.62. The first kappa shape index (κ1) is 22.1. The van der Waals surface area contributed by atoms with Gasteiger partial charge in [0.05, 0.1) is 13.2 Å². The molecule has 148 valence electrons. The van der Waals surface area contributed by atoms with Gasteiger partial charge in [-0.05, 0) is 51.0 Å². The molecule has 2 amide bonds. The van der Waals surface area contributed by atoms with Crippen molar-refractivity contribution in [2.24, 2.45) is 5.92 Å². The Labute approximate surface area is 158 Å². The zero-order chi connectivity index (χ0) is 20.4. The summed E-state index contributed by atoms with van der Waals surface area (Å²) in [7, 11) is 0. The fraction of sp³-hybridized carbons (Fsp3) is 0.474. The van der Waals surface area contributed by atoms with Gasteiger partial charge in [-0.1, -0.05) is 6.92 Å². The Balaban J connectivity index is 3.03. The van der Waals surface area contributed by atoms with E-state index in [1.165, 1.54) is 12.1 Å². The molecule has 0 bridgehead atoms. The van der Waals surface area contributed by atoms with Gasteiger partial charge >= 0.3 is 18.0 Å². The van der Waals surface area contributed by atoms with Crippen molar-refractivity contribution in [2.75, 3.05) is 25.1 Å². The molecule has 1 aromatic rings. The number of carbonyl (C=O) groups excluding carboxylic acids is 4. The Morgan fingerprint density at radius 2 is 1.59 bits per heavy atom. The standard InChI is InChI=1S/C19H26N2O6/c1-5-10-20-19(25)21-14-9-8-13(11-12(14)4)16(22)15(17(23)26-6-2)18(24)27-7-3/h8-9,11,15H,5-7,10H2,1-4H3,(H2,20,21,25). The van der Waals surface area contributed by atoms with Gasteiger partial charge < -0.3 is 20.1 Å². The minimum absolute atomic E-state index is 0.0385. The Morgan fingerprint density at radius 3 is 2.07 bits per heavy atom. The zero-order valence-electron chi connectivity index (χ0n) is 16.1. The number of urea groups is 1. The maximum Gasteiger partial charge on any atom is 0.328 e. The summed E-state index contributed by atoms with van der Waals surface area (Å²) in [6.45, 7) is 7.43. The molecule has 1 aromatic carbocycles. The molecule has 1 rings (SSSR count). The molecule has 0 spiro atoms. The molecule has 0 unspecified atom stereocenters. The highest BCUT2D eigenvalue weighted by Crippen LogP contribution is 2.20. The van der Waals surface area contributed by atoms with Crippen LogP contribution in [-0.4, -0.2) is 43.5 Å². The van der Waals surface area contributed by atoms with E-state index in [-0.39, 0.29) is 24.8 Å². The van der Waals surface area contributed by atoms with Crippen molar-refractivity contribution in [3.8, 4) is 0 Å². The van der Waals surface area contributed by atoms with E-state index in [0.717, 1.165) is 6.42 Å². The largest absolute Gasteiger partial charge is 0.465 e. The van der Waals surface area contributed by atoms with Crippen LogP contribution in [0, 0.1) is 12.8 Å². The third-order valence-electron chi connectivity index (χ3n) is 3.60. The number of hydrogen-bond acceptors (Lipinski definition) is 6. The van der Waals surface area contributed by atoms with Crippen LogP contribution in [0.2, 0.25) is 0 Å². The highest BCUT2D eigenvalue weighted by atomic mass is 16.6. The lowest BCUT2D eigenvalue weighted by Crippen LogP contribution is -2.35. The SMILES string of the molecule is CCCNC(=O)Nc1ccc(C(=O)C(C(=O)OCC)C(=O)OCC)cc1C. The van der Waals surface area contributed by atoms with E-state index in [1.807, 2.05) is 6.92 Å². The number of carbonyl (C=O) groups is 4. The molecule has 27 heavy (non-hydrogen) atoms. The van der Waals surface area contributed by atoms with Crippen LogP contribution in [-0.2, 0) is 19.1 Å². The van der Waals surface area contributed by atoms with Gasteiger partial charge in [-0.2, -0.15) is 0 Å². The van der Waals surface area contributed by atoms with E-state index in [4.69, 9.17) is 9.47 Å². The van der Waals surface area contributed by atoms with Gasteiger partial charge in [-0.15, -0.1) is 0 Å². The van der Waals surface area contributed by atoms with Crippen LogP contribution in [0.15, 0.2) is 18.2 Å². The summed E-state index contributed by atoms with van der Waals surface area (Å²) in [6, 6.07) is 4.14. The van der Waals surface area contributed by atoms with Gasteiger partial charge in [-0.25, -0.2) is 4.79 Å². The van der Waals surface area contributed by atoms with Crippen LogP contribution in [0.25, 0.3) is 0 Å². The summed E-state index contributed by atoms with van der Waals surface area (Å²) in [5, 5.41) is 5.36. The molecule has 0 aliphatic rings. The van der Waals surface area contributed by atoms with Gasteiger partial charge in [0.15, 0.2) is 5.78 Å². The predicted molar refractivity (Wildman–Crippen MR) is 99.6 cm³/mol. The summed E-state index contributed by atoms with van der Waals surface area (Å²) < 4.78 is 9.66. The van der Waals surface area contributed by atoms with Crippen molar-refractivity contribution in [2.45, 2.75) is 34.1 Å². The summed E-state index contributed by atoms with van der Waals surface area (Å²) >= 11 is 0. The van der Waals surface area contributed by atoms with E-state index < -0.39 is 23.6 Å². The number of ether oxygens (including phenoxy) is 2. The van der Waals surface area contributed by atoms with E-state index in [0.29, 0.717) is 17.8 Å². The fourth-order valence-corrected chi connectivity index (χ4v) is 2.29. The maximum atomic E-state index is 12.7. The second-order valence-electron chi connectivity index (χ2n) is 5.71. The number of rotatable bonds is 9. The van der Waals surface area contributed by atoms with Crippen LogP contribution in [0.4, 0.5) is 10.5 Å². The summed E-state index contributed by atoms with van der Waals surface area (Å²) in [5.74, 6) is -4.27. The molecule has 0 fully saturated rings. The van der Waals surface area contributed by atoms with Crippen LogP contribution >= 0.6 is 0 Å². The van der Waals surface area contributed by atoms with Crippen LogP contribution in [0.1, 0.15) is 43.1 Å². The van der Waals surface area contributed by atoms with Crippen LogP contribution in [0.3, 0.4) is 0 Å². The van der Waals surface area contributed by atoms with E-state index >= 15 is 0 Å². The van der Waals surface area contributed by atoms with Crippen LogP contribution < -0.4 is 10.6 Å². The Hall–Kier alpha value is -2.90. The van der Waals surface area contributed by atoms with Gasteiger partial charge in [0.2, 0.25) is 5.92 Å². The number of anilines is 1. The fourth-order valence-electron chi connectivity index (χ4n) is 2.29. The van der Waals surface area contributed by atoms with Crippen molar-refractivity contribution in [1.29, 1.82) is 0 Å². The molecule has 0 atom stereocenters. The smallest absolute Gasteiger partial charge is 0.328 e. The lowest BCUT2D eigenvalue weighted by atomic mass is 9.96. The molecule has 8 heteroatoms. The quantitative estimate of drug-likeness (QED) is 0.388. The first-order chi connectivity index (χ1) is 12.8. The number of hydrogen-bond donors (Lipinski definition) is 2. The second kappa shape index (κ2) is 10.9. The molecular formula is C19H26N2O6. The molecule has 0 aromatic heterocycles. The molecule has 8 nitrogen and oxygen atoms in total. The van der Waals surface area contributed by atoms with Crippen molar-refractivity contribution in [3.05, 3.63) is 29.3 Å². The predicted octanol–water partition coefficient (Wildman–Crippen LogP) is 2.45. The zero-order valence-corrected chi connectivity index (χ0v) is 16.1.